The van der Waals surface area contributed by atoms with E-state index >= 15 is 0 Å². The first kappa shape index (κ1) is 20.4. The smallest absolute Gasteiger partial charge is 0.329 e. The molecule has 2 N–H and O–H groups in total. The summed E-state index contributed by atoms with van der Waals surface area (Å²) in [5.41, 5.74) is 5.33. The van der Waals surface area contributed by atoms with Gasteiger partial charge in [-0.05, 0) is 16.7 Å². The second-order valence-electron chi connectivity index (χ2n) is 7.66. The van der Waals surface area contributed by atoms with Crippen molar-refractivity contribution in [1.29, 1.82) is 0 Å². The minimum atomic E-state index is -0.979. The van der Waals surface area contributed by atoms with Gasteiger partial charge in [-0.15, -0.1) is 0 Å². The Morgan fingerprint density at radius 1 is 0.969 bits per heavy atom. The zero-order chi connectivity index (χ0) is 21.9. The third-order valence-electron chi connectivity index (χ3n) is 5.62. The molecule has 0 bridgehead atoms. The van der Waals surface area contributed by atoms with Gasteiger partial charge in [-0.3, -0.25) is 0 Å². The summed E-state index contributed by atoms with van der Waals surface area (Å²) in [5.74, 6) is -0.796. The molecule has 3 aromatic carbocycles. The molecule has 0 radical (unpaired) electrons. The van der Waals surface area contributed by atoms with Gasteiger partial charge in [0, 0.05) is 18.0 Å². The number of carbonyl (C=O) groups is 1. The van der Waals surface area contributed by atoms with E-state index < -0.39 is 12.1 Å². The SMILES string of the molecule is O=C(O)COC1c2ccccc2-c2nc(NCC(c3ccccc3)c3ccccc3)sc21. The zero-order valence-corrected chi connectivity index (χ0v) is 18.1. The quantitative estimate of drug-likeness (QED) is 0.374. The molecule has 5 nitrogen and oxygen atoms in total. The van der Waals surface area contributed by atoms with E-state index in [1.165, 1.54) is 22.5 Å². The van der Waals surface area contributed by atoms with E-state index in [2.05, 4.69) is 53.8 Å². The molecule has 4 aromatic rings. The lowest BCUT2D eigenvalue weighted by atomic mass is 9.91. The summed E-state index contributed by atoms with van der Waals surface area (Å²) in [6.07, 6.45) is -0.399. The number of hydrogen-bond acceptors (Lipinski definition) is 5. The van der Waals surface area contributed by atoms with E-state index in [1.807, 2.05) is 36.4 Å². The fraction of sp³-hybridized carbons (Fsp3) is 0.154. The first-order valence-electron chi connectivity index (χ1n) is 10.5. The number of fused-ring (bicyclic) bond motifs is 3. The summed E-state index contributed by atoms with van der Waals surface area (Å²) < 4.78 is 5.74. The van der Waals surface area contributed by atoms with Gasteiger partial charge in [0.2, 0.25) is 0 Å². The number of nitrogens with zero attached hydrogens (tertiary/aromatic N) is 1. The molecule has 1 heterocycles. The van der Waals surface area contributed by atoms with E-state index in [1.54, 1.807) is 0 Å². The lowest BCUT2D eigenvalue weighted by molar-refractivity contribution is -0.143. The molecule has 0 amide bonds. The van der Waals surface area contributed by atoms with Crippen molar-refractivity contribution >= 4 is 22.4 Å². The number of carboxylic acid groups (broad SMARTS) is 1. The number of nitrogens with one attached hydrogen (secondary N) is 1. The zero-order valence-electron chi connectivity index (χ0n) is 17.3. The van der Waals surface area contributed by atoms with Crippen LogP contribution in [0.5, 0.6) is 0 Å². The average molecular weight is 443 g/mol. The Balaban J connectivity index is 1.41. The number of aromatic nitrogens is 1. The van der Waals surface area contributed by atoms with Crippen LogP contribution >= 0.6 is 11.3 Å². The minimum absolute atomic E-state index is 0.183. The van der Waals surface area contributed by atoms with Gasteiger partial charge >= 0.3 is 5.97 Å². The maximum Gasteiger partial charge on any atom is 0.329 e. The van der Waals surface area contributed by atoms with Crippen LogP contribution in [0, 0.1) is 0 Å². The fourth-order valence-corrected chi connectivity index (χ4v) is 5.22. The van der Waals surface area contributed by atoms with Crippen molar-refractivity contribution in [2.45, 2.75) is 12.0 Å². The molecule has 0 aliphatic heterocycles. The molecule has 1 aromatic heterocycles. The van der Waals surface area contributed by atoms with E-state index in [-0.39, 0.29) is 12.5 Å². The first-order valence-corrected chi connectivity index (χ1v) is 11.3. The molecule has 1 aliphatic rings. The molecule has 5 rings (SSSR count). The van der Waals surface area contributed by atoms with Crippen molar-refractivity contribution < 1.29 is 14.6 Å². The highest BCUT2D eigenvalue weighted by Crippen LogP contribution is 2.48. The maximum atomic E-state index is 11.1. The highest BCUT2D eigenvalue weighted by molar-refractivity contribution is 7.16. The van der Waals surface area contributed by atoms with E-state index in [0.29, 0.717) is 6.54 Å². The molecule has 0 saturated heterocycles. The first-order chi connectivity index (χ1) is 15.7. The molecule has 1 atom stereocenters. The third-order valence-corrected chi connectivity index (χ3v) is 6.68. The van der Waals surface area contributed by atoms with Crippen molar-refractivity contribution in [3.63, 3.8) is 0 Å². The molecule has 0 saturated carbocycles. The number of hydrogen-bond donors (Lipinski definition) is 2. The van der Waals surface area contributed by atoms with Crippen molar-refractivity contribution in [2.24, 2.45) is 0 Å². The number of benzene rings is 3. The monoisotopic (exact) mass is 442 g/mol. The predicted molar refractivity (Wildman–Crippen MR) is 126 cm³/mol. The fourth-order valence-electron chi connectivity index (χ4n) is 4.17. The van der Waals surface area contributed by atoms with Crippen LogP contribution in [-0.2, 0) is 9.53 Å². The number of aliphatic carboxylic acids is 1. The highest BCUT2D eigenvalue weighted by atomic mass is 32.1. The normalized spacial score (nSPS) is 14.2. The van der Waals surface area contributed by atoms with Crippen molar-refractivity contribution in [3.8, 4) is 11.3 Å². The van der Waals surface area contributed by atoms with Crippen LogP contribution in [0.2, 0.25) is 0 Å². The molecule has 160 valence electrons. The Kier molecular flexibility index (Phi) is 5.71. The summed E-state index contributed by atoms with van der Waals surface area (Å²) in [6, 6.07) is 28.8. The molecule has 32 heavy (non-hydrogen) atoms. The summed E-state index contributed by atoms with van der Waals surface area (Å²) in [7, 11) is 0. The second-order valence-corrected chi connectivity index (χ2v) is 8.69. The van der Waals surface area contributed by atoms with Gasteiger partial charge in [0.05, 0.1) is 10.6 Å². The van der Waals surface area contributed by atoms with Gasteiger partial charge in [0.1, 0.15) is 12.7 Å². The van der Waals surface area contributed by atoms with Crippen LogP contribution in [-0.4, -0.2) is 29.2 Å². The molecule has 0 spiro atoms. The van der Waals surface area contributed by atoms with Crippen LogP contribution in [0.1, 0.15) is 33.6 Å². The lowest BCUT2D eigenvalue weighted by Crippen LogP contribution is -2.14. The standard InChI is InChI=1S/C26H22N2O3S/c29-22(30)16-31-24-20-14-8-7-13-19(20)23-25(24)32-26(28-23)27-15-21(17-9-3-1-4-10-17)18-11-5-2-6-12-18/h1-14,21,24H,15-16H2,(H,27,28)(H,29,30). The third kappa shape index (κ3) is 4.02. The number of thiazole rings is 1. The topological polar surface area (TPSA) is 71.5 Å². The van der Waals surface area contributed by atoms with Gasteiger partial charge in [-0.2, -0.15) is 0 Å². The van der Waals surface area contributed by atoms with Crippen LogP contribution in [0.3, 0.4) is 0 Å². The Hall–Kier alpha value is -3.48. The highest BCUT2D eigenvalue weighted by Gasteiger charge is 2.33. The summed E-state index contributed by atoms with van der Waals surface area (Å²) >= 11 is 1.53. The van der Waals surface area contributed by atoms with Crippen LogP contribution in [0.4, 0.5) is 5.13 Å². The molecule has 1 aliphatic carbocycles. The summed E-state index contributed by atoms with van der Waals surface area (Å²) in [5, 5.41) is 13.4. The van der Waals surface area contributed by atoms with Gasteiger partial charge in [0.25, 0.3) is 0 Å². The number of anilines is 1. The molecular weight excluding hydrogens is 420 g/mol. The van der Waals surface area contributed by atoms with Crippen LogP contribution < -0.4 is 5.32 Å². The van der Waals surface area contributed by atoms with Crippen LogP contribution in [0.25, 0.3) is 11.3 Å². The molecule has 6 heteroatoms. The predicted octanol–water partition coefficient (Wildman–Crippen LogP) is 5.56. The van der Waals surface area contributed by atoms with Crippen LogP contribution in [0.15, 0.2) is 84.9 Å². The average Bonchev–Trinajstić information content (AvgIpc) is 3.36. The Labute approximate surface area is 190 Å². The van der Waals surface area contributed by atoms with Crippen molar-refractivity contribution in [1.82, 2.24) is 4.98 Å². The van der Waals surface area contributed by atoms with Gasteiger partial charge < -0.3 is 15.2 Å². The summed E-state index contributed by atoms with van der Waals surface area (Å²) in [6.45, 7) is 0.353. The molecule has 0 fully saturated rings. The number of ether oxygens (including phenoxy) is 1. The Morgan fingerprint density at radius 2 is 1.59 bits per heavy atom. The Morgan fingerprint density at radius 3 is 2.25 bits per heavy atom. The van der Waals surface area contributed by atoms with E-state index in [4.69, 9.17) is 14.8 Å². The second kappa shape index (κ2) is 8.94. The molecule has 1 unspecified atom stereocenters. The van der Waals surface area contributed by atoms with Gasteiger partial charge in [0.15, 0.2) is 5.13 Å². The van der Waals surface area contributed by atoms with E-state index in [9.17, 15) is 4.79 Å². The Bertz CT molecular complexity index is 1180. The van der Waals surface area contributed by atoms with Crippen molar-refractivity contribution in [3.05, 3.63) is 106 Å². The van der Waals surface area contributed by atoms with E-state index in [0.717, 1.165) is 26.8 Å². The number of rotatable bonds is 8. The maximum absolute atomic E-state index is 11.1. The number of carboxylic acids is 1. The molecular formula is C26H22N2O3S. The minimum Gasteiger partial charge on any atom is -0.480 e. The lowest BCUT2D eigenvalue weighted by Gasteiger charge is -2.18. The van der Waals surface area contributed by atoms with Gasteiger partial charge in [-0.1, -0.05) is 96.3 Å². The van der Waals surface area contributed by atoms with Crippen molar-refractivity contribution in [2.75, 3.05) is 18.5 Å². The van der Waals surface area contributed by atoms with Gasteiger partial charge in [-0.25, -0.2) is 9.78 Å². The largest absolute Gasteiger partial charge is 0.480 e. The summed E-state index contributed by atoms with van der Waals surface area (Å²) in [4.78, 5) is 16.9.